The first-order chi connectivity index (χ1) is 8.71. The molecule has 0 radical (unpaired) electrons. The predicted octanol–water partition coefficient (Wildman–Crippen LogP) is 3.30. The summed E-state index contributed by atoms with van der Waals surface area (Å²) in [6.45, 7) is 2.09. The number of methoxy groups -OCH3 is 1. The fourth-order valence-corrected chi connectivity index (χ4v) is 2.07. The summed E-state index contributed by atoms with van der Waals surface area (Å²) in [6, 6.07) is 9.88. The minimum atomic E-state index is 0.642. The summed E-state index contributed by atoms with van der Waals surface area (Å²) >= 11 is 5.16. The van der Waals surface area contributed by atoms with Gasteiger partial charge < -0.3 is 9.72 Å². The number of ether oxygens (including phenoxy) is 1. The predicted molar refractivity (Wildman–Crippen MR) is 74.6 cm³/mol. The number of hydrogen-bond acceptors (Lipinski definition) is 3. The van der Waals surface area contributed by atoms with E-state index in [0.717, 1.165) is 35.7 Å². The molecule has 0 atom stereocenters. The van der Waals surface area contributed by atoms with Crippen molar-refractivity contribution in [3.63, 3.8) is 0 Å². The van der Waals surface area contributed by atoms with Gasteiger partial charge in [-0.05, 0) is 30.2 Å². The Morgan fingerprint density at radius 2 is 2.17 bits per heavy atom. The van der Waals surface area contributed by atoms with E-state index in [-0.39, 0.29) is 0 Å². The zero-order valence-corrected chi connectivity index (χ0v) is 11.4. The van der Waals surface area contributed by atoms with Crippen molar-refractivity contribution in [3.05, 3.63) is 52.1 Å². The molecule has 1 N–H and O–H groups in total. The molecule has 0 amide bonds. The summed E-state index contributed by atoms with van der Waals surface area (Å²) < 4.78 is 5.85. The third-order valence-corrected chi connectivity index (χ3v) is 2.94. The lowest BCUT2D eigenvalue weighted by Crippen LogP contribution is -2.00. The summed E-state index contributed by atoms with van der Waals surface area (Å²) in [7, 11) is 1.67. The van der Waals surface area contributed by atoms with E-state index in [1.54, 1.807) is 7.11 Å². The molecule has 0 aliphatic heterocycles. The van der Waals surface area contributed by atoms with Gasteiger partial charge in [-0.2, -0.15) is 0 Å². The SMILES string of the molecule is CCc1cc(=S)nc(Cc2cccc(OC)c2)[nH]1. The van der Waals surface area contributed by atoms with Gasteiger partial charge in [0.25, 0.3) is 0 Å². The highest BCUT2D eigenvalue weighted by Crippen LogP contribution is 2.14. The molecule has 0 fully saturated rings. The normalized spacial score (nSPS) is 10.3. The van der Waals surface area contributed by atoms with Crippen LogP contribution in [-0.4, -0.2) is 17.1 Å². The molecule has 0 bridgehead atoms. The van der Waals surface area contributed by atoms with Crippen molar-refractivity contribution in [3.8, 4) is 5.75 Å². The Labute approximate surface area is 112 Å². The topological polar surface area (TPSA) is 37.9 Å². The van der Waals surface area contributed by atoms with Crippen molar-refractivity contribution in [2.45, 2.75) is 19.8 Å². The Hall–Kier alpha value is -1.68. The molecule has 1 aromatic carbocycles. The lowest BCUT2D eigenvalue weighted by Gasteiger charge is -2.06. The quantitative estimate of drug-likeness (QED) is 0.857. The largest absolute Gasteiger partial charge is 0.497 e. The second-order valence-corrected chi connectivity index (χ2v) is 4.49. The number of H-pyrrole nitrogens is 1. The molecule has 0 saturated heterocycles. The van der Waals surface area contributed by atoms with Crippen molar-refractivity contribution in [2.75, 3.05) is 7.11 Å². The van der Waals surface area contributed by atoms with Crippen LogP contribution in [0.4, 0.5) is 0 Å². The lowest BCUT2D eigenvalue weighted by atomic mass is 10.1. The van der Waals surface area contributed by atoms with Crippen molar-refractivity contribution >= 4 is 12.2 Å². The molecule has 18 heavy (non-hydrogen) atoms. The van der Waals surface area contributed by atoms with Crippen LogP contribution in [0, 0.1) is 4.64 Å². The van der Waals surface area contributed by atoms with E-state index in [1.807, 2.05) is 24.3 Å². The number of aromatic nitrogens is 2. The summed E-state index contributed by atoms with van der Waals surface area (Å²) in [5.41, 5.74) is 2.27. The van der Waals surface area contributed by atoms with E-state index >= 15 is 0 Å². The summed E-state index contributed by atoms with van der Waals surface area (Å²) in [4.78, 5) is 7.65. The number of benzene rings is 1. The smallest absolute Gasteiger partial charge is 0.130 e. The first-order valence-electron chi connectivity index (χ1n) is 5.93. The Morgan fingerprint density at radius 1 is 1.33 bits per heavy atom. The second kappa shape index (κ2) is 5.78. The Kier molecular flexibility index (Phi) is 4.10. The molecule has 1 heterocycles. The van der Waals surface area contributed by atoms with E-state index in [1.165, 1.54) is 0 Å². The van der Waals surface area contributed by atoms with Gasteiger partial charge in [0.15, 0.2) is 0 Å². The van der Waals surface area contributed by atoms with Gasteiger partial charge in [-0.15, -0.1) is 0 Å². The summed E-state index contributed by atoms with van der Waals surface area (Å²) in [6.07, 6.45) is 1.66. The Balaban J connectivity index is 2.27. The number of aromatic amines is 1. The van der Waals surface area contributed by atoms with Gasteiger partial charge in [-0.1, -0.05) is 31.3 Å². The van der Waals surface area contributed by atoms with E-state index in [2.05, 4.69) is 23.0 Å². The average molecular weight is 260 g/mol. The maximum atomic E-state index is 5.21. The fourth-order valence-electron chi connectivity index (χ4n) is 1.81. The molecule has 4 heteroatoms. The number of aryl methyl sites for hydroxylation is 1. The van der Waals surface area contributed by atoms with Crippen LogP contribution in [0.25, 0.3) is 0 Å². The van der Waals surface area contributed by atoms with Crippen LogP contribution in [-0.2, 0) is 12.8 Å². The van der Waals surface area contributed by atoms with Gasteiger partial charge in [0.2, 0.25) is 0 Å². The molecule has 2 rings (SSSR count). The molecule has 0 spiro atoms. The van der Waals surface area contributed by atoms with Crippen LogP contribution in [0.3, 0.4) is 0 Å². The lowest BCUT2D eigenvalue weighted by molar-refractivity contribution is 0.414. The molecule has 2 aromatic rings. The molecular weight excluding hydrogens is 244 g/mol. The van der Waals surface area contributed by atoms with Gasteiger partial charge in [0.05, 0.1) is 7.11 Å². The van der Waals surface area contributed by atoms with Crippen molar-refractivity contribution < 1.29 is 4.74 Å². The van der Waals surface area contributed by atoms with Gasteiger partial charge >= 0.3 is 0 Å². The number of rotatable bonds is 4. The van der Waals surface area contributed by atoms with Gasteiger partial charge in [-0.25, -0.2) is 4.98 Å². The van der Waals surface area contributed by atoms with E-state index in [4.69, 9.17) is 17.0 Å². The molecule has 0 saturated carbocycles. The highest BCUT2D eigenvalue weighted by molar-refractivity contribution is 7.71. The molecule has 0 unspecified atom stereocenters. The number of nitrogens with zero attached hydrogens (tertiary/aromatic N) is 1. The van der Waals surface area contributed by atoms with Crippen molar-refractivity contribution in [1.82, 2.24) is 9.97 Å². The zero-order valence-electron chi connectivity index (χ0n) is 10.6. The first-order valence-corrected chi connectivity index (χ1v) is 6.34. The Bertz CT molecular complexity index is 592. The highest BCUT2D eigenvalue weighted by Gasteiger charge is 2.01. The number of hydrogen-bond donors (Lipinski definition) is 1. The molecule has 3 nitrogen and oxygen atoms in total. The third-order valence-electron chi connectivity index (χ3n) is 2.73. The van der Waals surface area contributed by atoms with Crippen LogP contribution >= 0.6 is 12.2 Å². The molecule has 0 aliphatic carbocycles. The van der Waals surface area contributed by atoms with Crippen LogP contribution in [0.15, 0.2) is 30.3 Å². The monoisotopic (exact) mass is 260 g/mol. The van der Waals surface area contributed by atoms with Crippen molar-refractivity contribution in [2.24, 2.45) is 0 Å². The van der Waals surface area contributed by atoms with Gasteiger partial charge in [0.1, 0.15) is 16.2 Å². The third kappa shape index (κ3) is 3.17. The summed E-state index contributed by atoms with van der Waals surface area (Å²) in [5.74, 6) is 1.75. The van der Waals surface area contributed by atoms with Crippen LogP contribution in [0.5, 0.6) is 5.75 Å². The Morgan fingerprint density at radius 3 is 2.89 bits per heavy atom. The fraction of sp³-hybridized carbons (Fsp3) is 0.286. The molecule has 94 valence electrons. The minimum Gasteiger partial charge on any atom is -0.497 e. The molecule has 0 aliphatic rings. The second-order valence-electron chi connectivity index (χ2n) is 4.07. The van der Waals surface area contributed by atoms with Gasteiger partial charge in [0, 0.05) is 12.1 Å². The maximum absolute atomic E-state index is 5.21. The zero-order chi connectivity index (χ0) is 13.0. The first kappa shape index (κ1) is 12.8. The van der Waals surface area contributed by atoms with E-state index < -0.39 is 0 Å². The maximum Gasteiger partial charge on any atom is 0.130 e. The van der Waals surface area contributed by atoms with E-state index in [0.29, 0.717) is 4.64 Å². The summed E-state index contributed by atoms with van der Waals surface area (Å²) in [5, 5.41) is 0. The average Bonchev–Trinajstić information content (AvgIpc) is 2.38. The van der Waals surface area contributed by atoms with E-state index in [9.17, 15) is 0 Å². The standard InChI is InChI=1S/C14H16N2OS/c1-3-11-9-14(18)16-13(15-11)8-10-5-4-6-12(7-10)17-2/h4-7,9H,3,8H2,1-2H3,(H,15,16,18). The number of nitrogens with one attached hydrogen (secondary N) is 1. The molecule has 1 aromatic heterocycles. The van der Waals surface area contributed by atoms with Crippen LogP contribution in [0.1, 0.15) is 24.0 Å². The highest BCUT2D eigenvalue weighted by atomic mass is 32.1. The minimum absolute atomic E-state index is 0.642. The van der Waals surface area contributed by atoms with Gasteiger partial charge in [-0.3, -0.25) is 0 Å². The van der Waals surface area contributed by atoms with Crippen molar-refractivity contribution in [1.29, 1.82) is 0 Å². The molecular formula is C14H16N2OS. The van der Waals surface area contributed by atoms with Crippen LogP contribution < -0.4 is 4.74 Å². The van der Waals surface area contributed by atoms with Crippen LogP contribution in [0.2, 0.25) is 0 Å².